The molecule has 0 spiro atoms. The van der Waals surface area contributed by atoms with Crippen LogP contribution in [-0.2, 0) is 30.3 Å². The maximum absolute atomic E-state index is 13.3. The second kappa shape index (κ2) is 9.71. The van der Waals surface area contributed by atoms with Gasteiger partial charge in [-0.1, -0.05) is 30.3 Å². The lowest BCUT2D eigenvalue weighted by molar-refractivity contribution is -0.164. The van der Waals surface area contributed by atoms with Crippen molar-refractivity contribution >= 4 is 17.8 Å². The highest BCUT2D eigenvalue weighted by atomic mass is 16.6. The van der Waals surface area contributed by atoms with E-state index in [1.807, 2.05) is 51.1 Å². The summed E-state index contributed by atoms with van der Waals surface area (Å²) in [5.74, 6) is -1.17. The monoisotopic (exact) mass is 389 g/mol. The van der Waals surface area contributed by atoms with Crippen LogP contribution < -0.4 is 0 Å². The summed E-state index contributed by atoms with van der Waals surface area (Å²) in [5, 5.41) is 0. The third kappa shape index (κ3) is 6.36. The first kappa shape index (κ1) is 21.9. The molecule has 28 heavy (non-hydrogen) atoms. The van der Waals surface area contributed by atoms with Crippen LogP contribution in [0.2, 0.25) is 0 Å². The summed E-state index contributed by atoms with van der Waals surface area (Å²) in [6.45, 7) is 5.99. The van der Waals surface area contributed by atoms with Crippen LogP contribution in [0.15, 0.2) is 30.3 Å². The summed E-state index contributed by atoms with van der Waals surface area (Å²) in [4.78, 5) is 39.1. The molecule has 2 rings (SSSR count). The number of ether oxygens (including phenoxy) is 2. The zero-order chi connectivity index (χ0) is 20.7. The number of likely N-dealkylation sites (tertiary alicyclic amines) is 1. The molecule has 154 valence electrons. The third-order valence-electron chi connectivity index (χ3n) is 4.81. The second-order valence-electron chi connectivity index (χ2n) is 8.22. The molecule has 0 N–H and O–H groups in total. The Balaban J connectivity index is 2.14. The Morgan fingerprint density at radius 1 is 1.18 bits per heavy atom. The maximum Gasteiger partial charge on any atom is 0.329 e. The number of carbonyl (C=O) groups is 3. The highest BCUT2D eigenvalue weighted by molar-refractivity contribution is 5.87. The Bertz CT molecular complexity index is 680. The molecular weight excluding hydrogens is 358 g/mol. The molecule has 0 radical (unpaired) electrons. The van der Waals surface area contributed by atoms with Crippen LogP contribution in [0, 0.1) is 5.92 Å². The zero-order valence-corrected chi connectivity index (χ0v) is 17.3. The standard InChI is InChI=1S/C22H31NO5/c1-22(2,3)28-21(26)18-11-8-14-23(18)20(25)17(12-13-19(24)27-4)15-16-9-6-5-7-10-16/h5-7,9-10,17-18H,8,11-15H2,1-4H3/t17?,18-/m0/s1. The highest BCUT2D eigenvalue weighted by Crippen LogP contribution is 2.26. The fraction of sp³-hybridized carbons (Fsp3) is 0.591. The van der Waals surface area contributed by atoms with Crippen LogP contribution in [-0.4, -0.2) is 48.0 Å². The van der Waals surface area contributed by atoms with Gasteiger partial charge in [-0.2, -0.15) is 0 Å². The van der Waals surface area contributed by atoms with Crippen LogP contribution in [0.5, 0.6) is 0 Å². The van der Waals surface area contributed by atoms with E-state index in [1.54, 1.807) is 4.90 Å². The van der Waals surface area contributed by atoms with E-state index in [0.29, 0.717) is 25.8 Å². The van der Waals surface area contributed by atoms with E-state index >= 15 is 0 Å². The molecule has 1 unspecified atom stereocenters. The van der Waals surface area contributed by atoms with E-state index in [1.165, 1.54) is 7.11 Å². The summed E-state index contributed by atoms with van der Waals surface area (Å²) in [7, 11) is 1.34. The van der Waals surface area contributed by atoms with Crippen molar-refractivity contribution in [1.82, 2.24) is 4.90 Å². The van der Waals surface area contributed by atoms with Gasteiger partial charge in [-0.15, -0.1) is 0 Å². The summed E-state index contributed by atoms with van der Waals surface area (Å²) >= 11 is 0. The maximum atomic E-state index is 13.3. The van der Waals surface area contributed by atoms with Gasteiger partial charge in [0, 0.05) is 18.9 Å². The number of benzene rings is 1. The van der Waals surface area contributed by atoms with Gasteiger partial charge in [-0.05, 0) is 52.0 Å². The van der Waals surface area contributed by atoms with Crippen molar-refractivity contribution in [3.05, 3.63) is 35.9 Å². The summed E-state index contributed by atoms with van der Waals surface area (Å²) in [6, 6.07) is 9.16. The quantitative estimate of drug-likeness (QED) is 0.670. The molecule has 1 saturated heterocycles. The van der Waals surface area contributed by atoms with Gasteiger partial charge in [0.15, 0.2) is 0 Å². The zero-order valence-electron chi connectivity index (χ0n) is 17.3. The summed E-state index contributed by atoms with van der Waals surface area (Å²) in [6.07, 6.45) is 2.46. The van der Waals surface area contributed by atoms with Crippen LogP contribution in [0.4, 0.5) is 0 Å². The van der Waals surface area contributed by atoms with Crippen molar-refractivity contribution in [2.75, 3.05) is 13.7 Å². The van der Waals surface area contributed by atoms with Gasteiger partial charge in [-0.25, -0.2) is 4.79 Å². The number of hydrogen-bond acceptors (Lipinski definition) is 5. The SMILES string of the molecule is COC(=O)CCC(Cc1ccccc1)C(=O)N1CCC[C@H]1C(=O)OC(C)(C)C. The van der Waals surface area contributed by atoms with Crippen molar-refractivity contribution in [3.8, 4) is 0 Å². The number of carbonyl (C=O) groups excluding carboxylic acids is 3. The van der Waals surface area contributed by atoms with Gasteiger partial charge < -0.3 is 14.4 Å². The lowest BCUT2D eigenvalue weighted by Crippen LogP contribution is -2.46. The van der Waals surface area contributed by atoms with Crippen molar-refractivity contribution in [3.63, 3.8) is 0 Å². The predicted molar refractivity (Wildman–Crippen MR) is 105 cm³/mol. The molecule has 0 bridgehead atoms. The average molecular weight is 389 g/mol. The van der Waals surface area contributed by atoms with Gasteiger partial charge in [0.25, 0.3) is 0 Å². The number of rotatable bonds is 7. The molecule has 1 aromatic rings. The van der Waals surface area contributed by atoms with Gasteiger partial charge in [-0.3, -0.25) is 9.59 Å². The van der Waals surface area contributed by atoms with E-state index in [2.05, 4.69) is 0 Å². The average Bonchev–Trinajstić information content (AvgIpc) is 3.13. The number of hydrogen-bond donors (Lipinski definition) is 0. The van der Waals surface area contributed by atoms with Gasteiger partial charge in [0.05, 0.1) is 7.11 Å². The minimum atomic E-state index is -0.595. The predicted octanol–water partition coefficient (Wildman–Crippen LogP) is 3.13. The van der Waals surface area contributed by atoms with Gasteiger partial charge in [0.1, 0.15) is 11.6 Å². The van der Waals surface area contributed by atoms with E-state index < -0.39 is 11.6 Å². The Hall–Kier alpha value is -2.37. The number of amides is 1. The van der Waals surface area contributed by atoms with E-state index in [4.69, 9.17) is 9.47 Å². The van der Waals surface area contributed by atoms with Crippen LogP contribution in [0.3, 0.4) is 0 Å². The smallest absolute Gasteiger partial charge is 0.329 e. The molecule has 2 atom stereocenters. The Kier molecular flexibility index (Phi) is 7.61. The molecule has 0 saturated carbocycles. The molecule has 6 nitrogen and oxygen atoms in total. The molecule has 0 aromatic heterocycles. The number of esters is 2. The topological polar surface area (TPSA) is 72.9 Å². The van der Waals surface area contributed by atoms with Crippen LogP contribution in [0.1, 0.15) is 52.0 Å². The Labute approximate surface area is 167 Å². The molecule has 1 amide bonds. The summed E-state index contributed by atoms with van der Waals surface area (Å²) in [5.41, 5.74) is 0.432. The van der Waals surface area contributed by atoms with E-state index in [9.17, 15) is 14.4 Å². The normalized spacial score (nSPS) is 17.9. The Morgan fingerprint density at radius 2 is 1.86 bits per heavy atom. The van der Waals surface area contributed by atoms with E-state index in [-0.39, 0.29) is 30.2 Å². The van der Waals surface area contributed by atoms with Crippen molar-refractivity contribution in [2.45, 2.75) is 64.5 Å². The molecule has 0 aliphatic carbocycles. The van der Waals surface area contributed by atoms with Crippen molar-refractivity contribution < 1.29 is 23.9 Å². The third-order valence-corrected chi connectivity index (χ3v) is 4.81. The van der Waals surface area contributed by atoms with E-state index in [0.717, 1.165) is 12.0 Å². The fourth-order valence-electron chi connectivity index (χ4n) is 3.49. The lowest BCUT2D eigenvalue weighted by atomic mass is 9.93. The van der Waals surface area contributed by atoms with Gasteiger partial charge >= 0.3 is 11.9 Å². The second-order valence-corrected chi connectivity index (χ2v) is 8.22. The Morgan fingerprint density at radius 3 is 2.46 bits per heavy atom. The molecule has 1 aliphatic rings. The highest BCUT2D eigenvalue weighted by Gasteiger charge is 2.39. The molecule has 1 heterocycles. The van der Waals surface area contributed by atoms with Crippen LogP contribution in [0.25, 0.3) is 0 Å². The minimum Gasteiger partial charge on any atom is -0.469 e. The van der Waals surface area contributed by atoms with Gasteiger partial charge in [0.2, 0.25) is 5.91 Å². The molecule has 6 heteroatoms. The first-order chi connectivity index (χ1) is 13.2. The largest absolute Gasteiger partial charge is 0.469 e. The number of nitrogens with zero attached hydrogens (tertiary/aromatic N) is 1. The fourth-order valence-corrected chi connectivity index (χ4v) is 3.49. The van der Waals surface area contributed by atoms with Crippen molar-refractivity contribution in [2.24, 2.45) is 5.92 Å². The number of methoxy groups -OCH3 is 1. The molecule has 1 aromatic carbocycles. The molecule has 1 aliphatic heterocycles. The lowest BCUT2D eigenvalue weighted by Gasteiger charge is -2.30. The minimum absolute atomic E-state index is 0.0962. The van der Waals surface area contributed by atoms with Crippen LogP contribution >= 0.6 is 0 Å². The van der Waals surface area contributed by atoms with Crippen molar-refractivity contribution in [1.29, 1.82) is 0 Å². The summed E-state index contributed by atoms with van der Waals surface area (Å²) < 4.78 is 10.2. The molecule has 1 fully saturated rings. The molecular formula is C22H31NO5. The first-order valence-corrected chi connectivity index (χ1v) is 9.85. The first-order valence-electron chi connectivity index (χ1n) is 9.85.